The van der Waals surface area contributed by atoms with Gasteiger partial charge in [-0.3, -0.25) is 5.10 Å². The fraction of sp³-hybridized carbons (Fsp3) is 0.400. The molecule has 0 spiro atoms. The molecule has 1 N–H and O–H groups in total. The number of aromatic amines is 1. The van der Waals surface area contributed by atoms with Crippen LogP contribution in [-0.4, -0.2) is 35.3 Å². The van der Waals surface area contributed by atoms with Gasteiger partial charge in [0.2, 0.25) is 4.77 Å². The predicted molar refractivity (Wildman–Crippen MR) is 96.3 cm³/mol. The number of hydrogen-bond donors (Lipinski definition) is 1. The Morgan fingerprint density at radius 2 is 1.87 bits per heavy atom. The average molecular weight is 399 g/mol. The van der Waals surface area contributed by atoms with Crippen LogP contribution in [0, 0.1) is 4.77 Å². The zero-order chi connectivity index (χ0) is 17.2. The van der Waals surface area contributed by atoms with E-state index in [1.807, 2.05) is 12.1 Å². The van der Waals surface area contributed by atoms with E-state index in [1.165, 1.54) is 0 Å². The Labute approximate surface area is 148 Å². The highest BCUT2D eigenvalue weighted by atomic mass is 79.9. The zero-order valence-corrected chi connectivity index (χ0v) is 16.1. The van der Waals surface area contributed by atoms with E-state index in [9.17, 15) is 0 Å². The van der Waals surface area contributed by atoms with Crippen molar-refractivity contribution in [3.63, 3.8) is 0 Å². The highest BCUT2D eigenvalue weighted by Gasteiger charge is 2.21. The van der Waals surface area contributed by atoms with Crippen LogP contribution in [0.5, 0.6) is 11.5 Å². The largest absolute Gasteiger partial charge is 0.493 e. The van der Waals surface area contributed by atoms with Crippen LogP contribution in [0.1, 0.15) is 32.2 Å². The molecule has 2 aromatic rings. The third-order valence-corrected chi connectivity index (χ3v) is 4.09. The number of methoxy groups -OCH3 is 2. The Bertz CT molecular complexity index is 790. The zero-order valence-electron chi connectivity index (χ0n) is 13.7. The summed E-state index contributed by atoms with van der Waals surface area (Å²) in [6.45, 7) is 6.16. The number of rotatable bonds is 4. The lowest BCUT2D eigenvalue weighted by atomic mass is 9.96. The molecule has 1 heterocycles. The van der Waals surface area contributed by atoms with Gasteiger partial charge in [-0.2, -0.15) is 14.9 Å². The highest BCUT2D eigenvalue weighted by Crippen LogP contribution is 2.32. The van der Waals surface area contributed by atoms with Crippen molar-refractivity contribution >= 4 is 34.4 Å². The number of aromatic nitrogens is 3. The van der Waals surface area contributed by atoms with Crippen molar-refractivity contribution in [1.29, 1.82) is 0 Å². The number of nitrogens with one attached hydrogen (secondary N) is 1. The minimum atomic E-state index is -0.181. The van der Waals surface area contributed by atoms with Gasteiger partial charge in [-0.1, -0.05) is 20.8 Å². The van der Waals surface area contributed by atoms with Crippen LogP contribution in [-0.2, 0) is 5.41 Å². The molecule has 0 aliphatic carbocycles. The Morgan fingerprint density at radius 1 is 1.26 bits per heavy atom. The van der Waals surface area contributed by atoms with Crippen LogP contribution in [0.2, 0.25) is 0 Å². The molecule has 2 rings (SSSR count). The third kappa shape index (κ3) is 3.81. The highest BCUT2D eigenvalue weighted by molar-refractivity contribution is 9.10. The third-order valence-electron chi connectivity index (χ3n) is 3.14. The monoisotopic (exact) mass is 398 g/mol. The molecule has 0 bridgehead atoms. The van der Waals surface area contributed by atoms with E-state index in [0.717, 1.165) is 15.9 Å². The van der Waals surface area contributed by atoms with E-state index in [1.54, 1.807) is 25.1 Å². The minimum absolute atomic E-state index is 0.181. The molecule has 0 saturated heterocycles. The molecule has 0 amide bonds. The van der Waals surface area contributed by atoms with Gasteiger partial charge in [0.25, 0.3) is 0 Å². The second kappa shape index (κ2) is 6.84. The summed E-state index contributed by atoms with van der Waals surface area (Å²) in [4.78, 5) is 0. The summed E-state index contributed by atoms with van der Waals surface area (Å²) in [7, 11) is 3.19. The molecule has 0 atom stereocenters. The molecule has 0 aliphatic heterocycles. The minimum Gasteiger partial charge on any atom is -0.493 e. The van der Waals surface area contributed by atoms with Crippen molar-refractivity contribution < 1.29 is 9.47 Å². The van der Waals surface area contributed by atoms with Crippen LogP contribution >= 0.6 is 28.1 Å². The first-order valence-corrected chi connectivity index (χ1v) is 8.12. The quantitative estimate of drug-likeness (QED) is 0.626. The molecule has 6 nitrogen and oxygen atoms in total. The van der Waals surface area contributed by atoms with Gasteiger partial charge >= 0.3 is 0 Å². The first-order chi connectivity index (χ1) is 10.8. The van der Waals surface area contributed by atoms with Gasteiger partial charge in [0.1, 0.15) is 0 Å². The van der Waals surface area contributed by atoms with Gasteiger partial charge in [-0.15, -0.1) is 0 Å². The van der Waals surface area contributed by atoms with Gasteiger partial charge in [0, 0.05) is 15.5 Å². The Kier molecular flexibility index (Phi) is 5.26. The summed E-state index contributed by atoms with van der Waals surface area (Å²) in [5.41, 5.74) is 0.658. The lowest BCUT2D eigenvalue weighted by Gasteiger charge is -2.16. The molecular weight excluding hydrogens is 380 g/mol. The van der Waals surface area contributed by atoms with Gasteiger partial charge in [0.05, 0.1) is 20.4 Å². The van der Waals surface area contributed by atoms with Crippen molar-refractivity contribution in [2.24, 2.45) is 5.10 Å². The van der Waals surface area contributed by atoms with Crippen molar-refractivity contribution in [3.05, 3.63) is 32.8 Å². The van der Waals surface area contributed by atoms with E-state index in [4.69, 9.17) is 21.7 Å². The van der Waals surface area contributed by atoms with Crippen molar-refractivity contribution in [2.45, 2.75) is 26.2 Å². The second-order valence-electron chi connectivity index (χ2n) is 5.89. The van der Waals surface area contributed by atoms with E-state index in [0.29, 0.717) is 16.3 Å². The lowest BCUT2D eigenvalue weighted by Crippen LogP contribution is -2.17. The SMILES string of the molecule is COc1cc(Br)c(/C=N\n2c(C(C)(C)C)n[nH]c2=S)cc1OC. The van der Waals surface area contributed by atoms with Gasteiger partial charge in [-0.05, 0) is 40.3 Å². The van der Waals surface area contributed by atoms with Crippen LogP contribution in [0.25, 0.3) is 0 Å². The fourth-order valence-electron chi connectivity index (χ4n) is 1.97. The molecule has 0 saturated carbocycles. The van der Waals surface area contributed by atoms with Crippen LogP contribution in [0.3, 0.4) is 0 Å². The topological polar surface area (TPSA) is 64.4 Å². The molecule has 23 heavy (non-hydrogen) atoms. The van der Waals surface area contributed by atoms with Crippen LogP contribution in [0.15, 0.2) is 21.7 Å². The molecular formula is C15H19BrN4O2S. The molecule has 1 aromatic heterocycles. The van der Waals surface area contributed by atoms with Crippen LogP contribution in [0.4, 0.5) is 0 Å². The van der Waals surface area contributed by atoms with E-state index < -0.39 is 0 Å². The Balaban J connectivity index is 2.46. The number of H-pyrrole nitrogens is 1. The summed E-state index contributed by atoms with van der Waals surface area (Å²) in [5, 5.41) is 11.5. The van der Waals surface area contributed by atoms with Crippen molar-refractivity contribution in [2.75, 3.05) is 14.2 Å². The Morgan fingerprint density at radius 3 is 2.43 bits per heavy atom. The molecule has 0 radical (unpaired) electrons. The maximum Gasteiger partial charge on any atom is 0.216 e. The normalized spacial score (nSPS) is 11.9. The number of ether oxygens (including phenoxy) is 2. The first kappa shape index (κ1) is 17.7. The molecule has 0 aliphatic rings. The standard InChI is InChI=1S/C15H19BrN4O2S/c1-15(2,3)13-18-19-14(23)20(13)17-8-9-6-11(21-4)12(22-5)7-10(9)16/h6-8H,1-5H3,(H,19,23)/b17-8-. The second-order valence-corrected chi connectivity index (χ2v) is 7.13. The summed E-state index contributed by atoms with van der Waals surface area (Å²) in [5.74, 6) is 2.03. The summed E-state index contributed by atoms with van der Waals surface area (Å²) >= 11 is 8.76. The molecule has 1 aromatic carbocycles. The average Bonchev–Trinajstić information content (AvgIpc) is 2.86. The van der Waals surface area contributed by atoms with E-state index in [-0.39, 0.29) is 5.41 Å². The lowest BCUT2D eigenvalue weighted by molar-refractivity contribution is 0.354. The predicted octanol–water partition coefficient (Wildman–Crippen LogP) is 3.90. The van der Waals surface area contributed by atoms with Gasteiger partial charge in [-0.25, -0.2) is 0 Å². The van der Waals surface area contributed by atoms with E-state index >= 15 is 0 Å². The van der Waals surface area contributed by atoms with Gasteiger partial charge in [0.15, 0.2) is 17.3 Å². The Hall–Kier alpha value is -1.67. The number of hydrogen-bond acceptors (Lipinski definition) is 5. The number of nitrogens with zero attached hydrogens (tertiary/aromatic N) is 3. The maximum atomic E-state index is 5.32. The summed E-state index contributed by atoms with van der Waals surface area (Å²) in [6, 6.07) is 3.67. The first-order valence-electron chi connectivity index (χ1n) is 6.91. The summed E-state index contributed by atoms with van der Waals surface area (Å²) in [6.07, 6.45) is 1.70. The molecule has 0 unspecified atom stereocenters. The maximum absolute atomic E-state index is 5.32. The smallest absolute Gasteiger partial charge is 0.216 e. The number of benzene rings is 1. The van der Waals surface area contributed by atoms with Crippen LogP contribution < -0.4 is 9.47 Å². The van der Waals surface area contributed by atoms with E-state index in [2.05, 4.69) is 52.0 Å². The van der Waals surface area contributed by atoms with Gasteiger partial charge < -0.3 is 9.47 Å². The van der Waals surface area contributed by atoms with Crippen molar-refractivity contribution in [1.82, 2.24) is 14.9 Å². The molecule has 8 heteroatoms. The molecule has 124 valence electrons. The van der Waals surface area contributed by atoms with Crippen molar-refractivity contribution in [3.8, 4) is 11.5 Å². The summed E-state index contributed by atoms with van der Waals surface area (Å²) < 4.78 is 13.5. The fourth-order valence-corrected chi connectivity index (χ4v) is 2.58. The number of halogens is 1. The molecule has 0 fully saturated rings.